The number of esters is 4. The SMILES string of the molecule is CCCCCCOC(=O)CCCC(=O)OC[C@H](COP(=O)([O-])OCC[N+](C)(C)C)OC(=O)CCCC(=O)OCCCCCC. The summed E-state index contributed by atoms with van der Waals surface area (Å²) < 4.78 is 43.2. The van der Waals surface area contributed by atoms with E-state index in [1.165, 1.54) is 0 Å². The molecule has 0 fully saturated rings. The molecule has 0 rings (SSSR count). The quantitative estimate of drug-likeness (QED) is 0.0389. The number of likely N-dealkylation sites (N-methyl/N-ethyl adjacent to an activating group) is 1. The van der Waals surface area contributed by atoms with Crippen LogP contribution in [0, 0.1) is 0 Å². The van der Waals surface area contributed by atoms with Crippen LogP contribution in [0.1, 0.15) is 104 Å². The van der Waals surface area contributed by atoms with Gasteiger partial charge in [-0.05, 0) is 25.7 Å². The van der Waals surface area contributed by atoms with Crippen LogP contribution in [-0.2, 0) is 51.7 Å². The topological polar surface area (TPSA) is 164 Å². The lowest BCUT2D eigenvalue weighted by molar-refractivity contribution is -0.870. The Kier molecular flexibility index (Phi) is 24.0. The fraction of sp³-hybridized carbons (Fsp3) is 0.867. The minimum absolute atomic E-state index is 0.0239. The van der Waals surface area contributed by atoms with Crippen LogP contribution in [0.2, 0.25) is 0 Å². The molecule has 0 radical (unpaired) electrons. The Morgan fingerprint density at radius 3 is 1.57 bits per heavy atom. The van der Waals surface area contributed by atoms with Gasteiger partial charge in [0.05, 0.1) is 41.0 Å². The molecule has 0 aliphatic carbocycles. The van der Waals surface area contributed by atoms with E-state index in [0.29, 0.717) is 24.2 Å². The number of nitrogens with zero attached hydrogens (tertiary/aromatic N) is 1. The third kappa shape index (κ3) is 27.5. The van der Waals surface area contributed by atoms with Crippen LogP contribution in [0.5, 0.6) is 0 Å². The number of carbonyl (C=O) groups excluding carboxylic acids is 4. The largest absolute Gasteiger partial charge is 0.756 e. The van der Waals surface area contributed by atoms with E-state index in [1.807, 2.05) is 21.1 Å². The normalized spacial score (nSPS) is 13.5. The monoisotopic (exact) mass is 653 g/mol. The number of phosphoric ester groups is 1. The third-order valence-electron chi connectivity index (χ3n) is 6.20. The Hall–Kier alpha value is -2.05. The van der Waals surface area contributed by atoms with Crippen LogP contribution < -0.4 is 4.89 Å². The summed E-state index contributed by atoms with van der Waals surface area (Å²) >= 11 is 0. The number of carbonyl (C=O) groups is 4. The fourth-order valence-corrected chi connectivity index (χ4v) is 4.31. The van der Waals surface area contributed by atoms with Gasteiger partial charge in [0, 0.05) is 25.7 Å². The summed E-state index contributed by atoms with van der Waals surface area (Å²) in [4.78, 5) is 60.5. The van der Waals surface area contributed by atoms with Crippen LogP contribution in [0.15, 0.2) is 0 Å². The molecule has 0 aliphatic heterocycles. The Morgan fingerprint density at radius 1 is 0.614 bits per heavy atom. The second-order valence-electron chi connectivity index (χ2n) is 11.7. The average molecular weight is 654 g/mol. The Morgan fingerprint density at radius 2 is 1.09 bits per heavy atom. The van der Waals surface area contributed by atoms with E-state index >= 15 is 0 Å². The van der Waals surface area contributed by atoms with Gasteiger partial charge in [0.2, 0.25) is 0 Å². The molecule has 0 aromatic rings. The van der Waals surface area contributed by atoms with Crippen LogP contribution in [0.4, 0.5) is 0 Å². The smallest absolute Gasteiger partial charge is 0.306 e. The highest BCUT2D eigenvalue weighted by atomic mass is 31.2. The third-order valence-corrected chi connectivity index (χ3v) is 7.17. The summed E-state index contributed by atoms with van der Waals surface area (Å²) in [5.41, 5.74) is 0. The molecular weight excluding hydrogens is 597 g/mol. The molecule has 0 aliphatic rings. The maximum atomic E-state index is 12.4. The molecule has 1 unspecified atom stereocenters. The van der Waals surface area contributed by atoms with Gasteiger partial charge in [-0.3, -0.25) is 23.7 Å². The van der Waals surface area contributed by atoms with Crippen molar-refractivity contribution < 1.29 is 61.1 Å². The Labute approximate surface area is 263 Å². The molecule has 0 saturated carbocycles. The zero-order chi connectivity index (χ0) is 33.3. The number of phosphoric acid groups is 1. The lowest BCUT2D eigenvalue weighted by Crippen LogP contribution is -2.37. The van der Waals surface area contributed by atoms with Gasteiger partial charge in [-0.25, -0.2) is 0 Å². The second-order valence-corrected chi connectivity index (χ2v) is 13.1. The number of quaternary nitrogens is 1. The zero-order valence-electron chi connectivity index (χ0n) is 27.5. The Bertz CT molecular complexity index is 861. The van der Waals surface area contributed by atoms with Gasteiger partial charge in [-0.15, -0.1) is 0 Å². The van der Waals surface area contributed by atoms with Gasteiger partial charge in [0.25, 0.3) is 7.82 Å². The van der Waals surface area contributed by atoms with Gasteiger partial charge in [-0.1, -0.05) is 52.4 Å². The minimum atomic E-state index is -4.72. The lowest BCUT2D eigenvalue weighted by Gasteiger charge is -2.28. The van der Waals surface area contributed by atoms with E-state index in [0.717, 1.165) is 51.4 Å². The van der Waals surface area contributed by atoms with Gasteiger partial charge in [-0.2, -0.15) is 0 Å². The second kappa shape index (κ2) is 25.2. The first kappa shape index (κ1) is 42.0. The van der Waals surface area contributed by atoms with Crippen molar-refractivity contribution in [1.29, 1.82) is 0 Å². The molecule has 0 saturated heterocycles. The summed E-state index contributed by atoms with van der Waals surface area (Å²) in [5.74, 6) is -2.19. The van der Waals surface area contributed by atoms with Crippen LogP contribution in [-0.4, -0.2) is 95.2 Å². The fourth-order valence-electron chi connectivity index (χ4n) is 3.59. The first-order chi connectivity index (χ1) is 20.8. The molecule has 14 heteroatoms. The maximum absolute atomic E-state index is 12.4. The van der Waals surface area contributed by atoms with Crippen LogP contribution in [0.3, 0.4) is 0 Å². The molecule has 2 atom stereocenters. The van der Waals surface area contributed by atoms with E-state index in [2.05, 4.69) is 13.8 Å². The van der Waals surface area contributed by atoms with E-state index < -0.39 is 51.0 Å². The average Bonchev–Trinajstić information content (AvgIpc) is 2.93. The molecule has 258 valence electrons. The molecule has 0 bridgehead atoms. The van der Waals surface area contributed by atoms with E-state index in [4.69, 9.17) is 28.0 Å². The molecule has 0 spiro atoms. The van der Waals surface area contributed by atoms with Gasteiger partial charge < -0.3 is 37.4 Å². The molecule has 0 heterocycles. The minimum Gasteiger partial charge on any atom is -0.756 e. The highest BCUT2D eigenvalue weighted by molar-refractivity contribution is 7.45. The van der Waals surface area contributed by atoms with Crippen molar-refractivity contribution in [2.45, 2.75) is 110 Å². The lowest BCUT2D eigenvalue weighted by atomic mass is 10.2. The van der Waals surface area contributed by atoms with E-state index in [-0.39, 0.29) is 45.1 Å². The Balaban J connectivity index is 4.71. The van der Waals surface area contributed by atoms with E-state index in [9.17, 15) is 28.6 Å². The van der Waals surface area contributed by atoms with Crippen molar-refractivity contribution >= 4 is 31.7 Å². The molecule has 44 heavy (non-hydrogen) atoms. The molecule has 0 N–H and O–H groups in total. The first-order valence-electron chi connectivity index (χ1n) is 15.8. The van der Waals surface area contributed by atoms with Gasteiger partial charge in [0.1, 0.15) is 19.8 Å². The summed E-state index contributed by atoms with van der Waals surface area (Å²) in [6.07, 6.45) is 6.85. The number of hydrogen-bond acceptors (Lipinski definition) is 12. The van der Waals surface area contributed by atoms with Crippen molar-refractivity contribution in [3.8, 4) is 0 Å². The predicted octanol–water partition coefficient (Wildman–Crippen LogP) is 4.24. The van der Waals surface area contributed by atoms with Crippen LogP contribution in [0.25, 0.3) is 0 Å². The van der Waals surface area contributed by atoms with Crippen molar-refractivity contribution in [1.82, 2.24) is 0 Å². The van der Waals surface area contributed by atoms with Crippen molar-refractivity contribution in [2.75, 3.05) is 60.7 Å². The molecule has 0 aromatic heterocycles. The van der Waals surface area contributed by atoms with Crippen molar-refractivity contribution in [3.63, 3.8) is 0 Å². The van der Waals surface area contributed by atoms with Crippen molar-refractivity contribution in [3.05, 3.63) is 0 Å². The summed E-state index contributed by atoms with van der Waals surface area (Å²) in [5, 5.41) is 0. The van der Waals surface area contributed by atoms with Gasteiger partial charge >= 0.3 is 23.9 Å². The number of hydrogen-bond donors (Lipinski definition) is 0. The summed E-state index contributed by atoms with van der Waals surface area (Å²) in [6.45, 7) is 4.05. The summed E-state index contributed by atoms with van der Waals surface area (Å²) in [6, 6.07) is 0. The first-order valence-corrected chi connectivity index (χ1v) is 17.3. The number of rotatable bonds is 28. The van der Waals surface area contributed by atoms with E-state index in [1.54, 1.807) is 0 Å². The predicted molar refractivity (Wildman–Crippen MR) is 161 cm³/mol. The van der Waals surface area contributed by atoms with Gasteiger partial charge in [0.15, 0.2) is 6.10 Å². The molecular formula is C30H56NO12P. The summed E-state index contributed by atoms with van der Waals surface area (Å²) in [7, 11) is 0.884. The molecule has 0 aromatic carbocycles. The zero-order valence-corrected chi connectivity index (χ0v) is 28.4. The number of unbranched alkanes of at least 4 members (excludes halogenated alkanes) is 6. The number of ether oxygens (including phenoxy) is 4. The maximum Gasteiger partial charge on any atom is 0.306 e. The van der Waals surface area contributed by atoms with Crippen LogP contribution >= 0.6 is 7.82 Å². The molecule has 0 amide bonds. The van der Waals surface area contributed by atoms with Crippen molar-refractivity contribution in [2.24, 2.45) is 0 Å². The standard InChI is InChI=1S/C30H56NO12P/c1-6-8-10-12-21-38-27(32)16-14-18-29(34)40-24-26(25-42-44(36,37)41-23-20-31(3,4)5)43-30(35)19-15-17-28(33)39-22-13-11-9-7-2/h26H,6-25H2,1-5H3/t26-/m1/s1. The highest BCUT2D eigenvalue weighted by Gasteiger charge is 2.22. The highest BCUT2D eigenvalue weighted by Crippen LogP contribution is 2.38. The molecule has 13 nitrogen and oxygen atoms in total.